The van der Waals surface area contributed by atoms with Gasteiger partial charge in [0.25, 0.3) is 0 Å². The maximum Gasteiger partial charge on any atom is 0.246 e. The number of halogens is 1. The summed E-state index contributed by atoms with van der Waals surface area (Å²) in [4.78, 5) is 16.7. The highest BCUT2D eigenvalue weighted by atomic mass is 19.1. The zero-order valence-corrected chi connectivity index (χ0v) is 19.3. The molecule has 0 aromatic heterocycles. The zero-order valence-electron chi connectivity index (χ0n) is 19.3. The van der Waals surface area contributed by atoms with Crippen LogP contribution in [0.5, 0.6) is 11.5 Å². The lowest BCUT2D eigenvalue weighted by atomic mass is 10.1. The van der Waals surface area contributed by atoms with Gasteiger partial charge in [0.2, 0.25) is 5.91 Å². The fourth-order valence-electron chi connectivity index (χ4n) is 3.96. The molecule has 0 saturated carbocycles. The van der Waals surface area contributed by atoms with Crippen molar-refractivity contribution in [1.82, 2.24) is 9.80 Å². The van der Waals surface area contributed by atoms with Crippen molar-refractivity contribution in [1.29, 1.82) is 0 Å². The molecule has 1 amide bonds. The van der Waals surface area contributed by atoms with Gasteiger partial charge < -0.3 is 14.4 Å². The van der Waals surface area contributed by atoms with Gasteiger partial charge in [0.1, 0.15) is 23.9 Å². The number of nitrogens with zero attached hydrogens (tertiary/aromatic N) is 2. The van der Waals surface area contributed by atoms with E-state index in [0.717, 1.165) is 35.7 Å². The molecular weight excluding hydrogens is 431 g/mol. The van der Waals surface area contributed by atoms with Crippen LogP contribution in [0, 0.1) is 5.82 Å². The van der Waals surface area contributed by atoms with E-state index in [9.17, 15) is 9.18 Å². The van der Waals surface area contributed by atoms with Crippen LogP contribution >= 0.6 is 0 Å². The van der Waals surface area contributed by atoms with E-state index in [4.69, 9.17) is 9.47 Å². The predicted octanol–water partition coefficient (Wildman–Crippen LogP) is 4.77. The molecule has 4 rings (SSSR count). The van der Waals surface area contributed by atoms with E-state index in [-0.39, 0.29) is 11.7 Å². The summed E-state index contributed by atoms with van der Waals surface area (Å²) in [7, 11) is 1.63. The van der Waals surface area contributed by atoms with Crippen LogP contribution in [0.25, 0.3) is 6.08 Å². The quantitative estimate of drug-likeness (QED) is 0.454. The van der Waals surface area contributed by atoms with Crippen LogP contribution in [0.15, 0.2) is 78.9 Å². The molecule has 6 heteroatoms. The largest absolute Gasteiger partial charge is 0.496 e. The Morgan fingerprint density at radius 1 is 0.941 bits per heavy atom. The first kappa shape index (κ1) is 23.5. The first-order valence-corrected chi connectivity index (χ1v) is 11.4. The van der Waals surface area contributed by atoms with Gasteiger partial charge in [-0.1, -0.05) is 42.5 Å². The van der Waals surface area contributed by atoms with Gasteiger partial charge in [0, 0.05) is 49.9 Å². The molecule has 0 bridgehead atoms. The van der Waals surface area contributed by atoms with Crippen molar-refractivity contribution in [2.24, 2.45) is 0 Å². The fraction of sp³-hybridized carbons (Fsp3) is 0.250. The number of amides is 1. The Labute approximate surface area is 200 Å². The number of hydrogen-bond acceptors (Lipinski definition) is 4. The lowest BCUT2D eigenvalue weighted by Gasteiger charge is -2.34. The number of carbonyl (C=O) groups excluding carboxylic acids is 1. The Kier molecular flexibility index (Phi) is 7.94. The van der Waals surface area contributed by atoms with Crippen LogP contribution in [0.4, 0.5) is 4.39 Å². The molecule has 0 atom stereocenters. The minimum absolute atomic E-state index is 0.0246. The lowest BCUT2D eigenvalue weighted by Crippen LogP contribution is -2.47. The number of para-hydroxylation sites is 1. The van der Waals surface area contributed by atoms with Gasteiger partial charge >= 0.3 is 0 Å². The minimum atomic E-state index is -0.183. The molecule has 1 fully saturated rings. The molecule has 34 heavy (non-hydrogen) atoms. The summed E-state index contributed by atoms with van der Waals surface area (Å²) in [5.74, 6) is 1.32. The normalized spacial score (nSPS) is 14.4. The van der Waals surface area contributed by atoms with Crippen LogP contribution in [0.3, 0.4) is 0 Å². The average Bonchev–Trinajstić information content (AvgIpc) is 2.88. The van der Waals surface area contributed by atoms with Crippen LogP contribution in [-0.4, -0.2) is 49.0 Å². The number of hydrogen-bond donors (Lipinski definition) is 0. The van der Waals surface area contributed by atoms with E-state index in [1.165, 1.54) is 6.07 Å². The van der Waals surface area contributed by atoms with Gasteiger partial charge in [-0.05, 0) is 42.0 Å². The number of rotatable bonds is 8. The smallest absolute Gasteiger partial charge is 0.246 e. The summed E-state index contributed by atoms with van der Waals surface area (Å²) >= 11 is 0. The summed E-state index contributed by atoms with van der Waals surface area (Å²) in [6, 6.07) is 22.2. The Morgan fingerprint density at radius 2 is 1.68 bits per heavy atom. The third kappa shape index (κ3) is 6.23. The second-order valence-corrected chi connectivity index (χ2v) is 8.20. The van der Waals surface area contributed by atoms with Crippen LogP contribution in [0.2, 0.25) is 0 Å². The summed E-state index contributed by atoms with van der Waals surface area (Å²) in [5.41, 5.74) is 2.50. The SMILES string of the molecule is COc1ccc(/C=C/C(=O)N2CCN(Cc3ccccc3F)CC2)cc1COc1ccccc1. The molecule has 5 nitrogen and oxygen atoms in total. The Bertz CT molecular complexity index is 1130. The van der Waals surface area contributed by atoms with Crippen molar-refractivity contribution in [3.05, 3.63) is 101 Å². The van der Waals surface area contributed by atoms with Gasteiger partial charge in [-0.2, -0.15) is 0 Å². The molecule has 1 saturated heterocycles. The molecule has 3 aromatic rings. The van der Waals surface area contributed by atoms with Crippen LogP contribution < -0.4 is 9.47 Å². The molecule has 0 radical (unpaired) electrons. The van der Waals surface area contributed by atoms with E-state index in [1.807, 2.05) is 71.6 Å². The monoisotopic (exact) mass is 460 g/mol. The van der Waals surface area contributed by atoms with Crippen molar-refractivity contribution in [3.8, 4) is 11.5 Å². The number of methoxy groups -OCH3 is 1. The van der Waals surface area contributed by atoms with Gasteiger partial charge in [0.05, 0.1) is 7.11 Å². The third-order valence-electron chi connectivity index (χ3n) is 5.90. The van der Waals surface area contributed by atoms with Crippen molar-refractivity contribution in [3.63, 3.8) is 0 Å². The Balaban J connectivity index is 1.32. The molecule has 0 unspecified atom stereocenters. The van der Waals surface area contributed by atoms with Crippen molar-refractivity contribution < 1.29 is 18.7 Å². The lowest BCUT2D eigenvalue weighted by molar-refractivity contribution is -0.127. The van der Waals surface area contributed by atoms with Gasteiger partial charge in [0.15, 0.2) is 0 Å². The minimum Gasteiger partial charge on any atom is -0.496 e. The van der Waals surface area contributed by atoms with Crippen molar-refractivity contribution in [2.45, 2.75) is 13.2 Å². The van der Waals surface area contributed by atoms with Crippen LogP contribution in [-0.2, 0) is 17.9 Å². The summed E-state index contributed by atoms with van der Waals surface area (Å²) in [6.45, 7) is 3.61. The number of piperazine rings is 1. The maximum absolute atomic E-state index is 13.9. The van der Waals surface area contributed by atoms with Gasteiger partial charge in [-0.25, -0.2) is 4.39 Å². The van der Waals surface area contributed by atoms with E-state index in [0.29, 0.717) is 31.8 Å². The molecule has 1 aliphatic rings. The number of benzene rings is 3. The maximum atomic E-state index is 13.9. The second-order valence-electron chi connectivity index (χ2n) is 8.20. The number of carbonyl (C=O) groups is 1. The van der Waals surface area contributed by atoms with Gasteiger partial charge in [-0.3, -0.25) is 9.69 Å². The zero-order chi connectivity index (χ0) is 23.8. The van der Waals surface area contributed by atoms with E-state index in [1.54, 1.807) is 19.3 Å². The molecular formula is C28H29FN2O3. The molecule has 176 valence electrons. The van der Waals surface area contributed by atoms with E-state index < -0.39 is 0 Å². The standard InChI is InChI=1S/C28H29FN2O3/c1-33-27-13-11-22(19-24(27)21-34-25-8-3-2-4-9-25)12-14-28(32)31-17-15-30(16-18-31)20-23-7-5-6-10-26(23)29/h2-14,19H,15-18,20-21H2,1H3/b14-12+. The fourth-order valence-corrected chi connectivity index (χ4v) is 3.96. The first-order valence-electron chi connectivity index (χ1n) is 11.4. The third-order valence-corrected chi connectivity index (χ3v) is 5.90. The van der Waals surface area contributed by atoms with Crippen LogP contribution in [0.1, 0.15) is 16.7 Å². The predicted molar refractivity (Wildman–Crippen MR) is 131 cm³/mol. The highest BCUT2D eigenvalue weighted by molar-refractivity contribution is 5.91. The van der Waals surface area contributed by atoms with Crippen molar-refractivity contribution in [2.75, 3.05) is 33.3 Å². The number of ether oxygens (including phenoxy) is 2. The molecule has 1 heterocycles. The summed E-state index contributed by atoms with van der Waals surface area (Å²) in [6.07, 6.45) is 3.43. The van der Waals surface area contributed by atoms with E-state index >= 15 is 0 Å². The average molecular weight is 461 g/mol. The van der Waals surface area contributed by atoms with Crippen molar-refractivity contribution >= 4 is 12.0 Å². The summed E-state index contributed by atoms with van der Waals surface area (Å²) < 4.78 is 25.2. The molecule has 1 aliphatic heterocycles. The Morgan fingerprint density at radius 3 is 2.41 bits per heavy atom. The Hall–Kier alpha value is -3.64. The highest BCUT2D eigenvalue weighted by Gasteiger charge is 2.20. The van der Waals surface area contributed by atoms with E-state index in [2.05, 4.69) is 4.90 Å². The molecule has 0 N–H and O–H groups in total. The molecule has 0 spiro atoms. The summed E-state index contributed by atoms with van der Waals surface area (Å²) in [5, 5.41) is 0. The molecule has 3 aromatic carbocycles. The van der Waals surface area contributed by atoms with Gasteiger partial charge in [-0.15, -0.1) is 0 Å². The first-order chi connectivity index (χ1) is 16.6. The molecule has 0 aliphatic carbocycles. The topological polar surface area (TPSA) is 42.0 Å². The highest BCUT2D eigenvalue weighted by Crippen LogP contribution is 2.23. The second kappa shape index (κ2) is 11.5.